The van der Waals surface area contributed by atoms with Gasteiger partial charge in [0.2, 0.25) is 0 Å². The number of ketones is 1. The van der Waals surface area contributed by atoms with Gasteiger partial charge in [-0.3, -0.25) is 4.79 Å². The lowest BCUT2D eigenvalue weighted by Crippen LogP contribution is -2.23. The van der Waals surface area contributed by atoms with Gasteiger partial charge in [-0.2, -0.15) is 0 Å². The van der Waals surface area contributed by atoms with Crippen LogP contribution in [0.1, 0.15) is 61.1 Å². The topological polar surface area (TPSA) is 89.1 Å². The van der Waals surface area contributed by atoms with Gasteiger partial charge in [0.05, 0.1) is 17.8 Å². The molecule has 0 atom stereocenters. The van der Waals surface area contributed by atoms with Gasteiger partial charge < -0.3 is 20.5 Å². The van der Waals surface area contributed by atoms with Crippen molar-refractivity contribution in [2.75, 3.05) is 30.0 Å². The summed E-state index contributed by atoms with van der Waals surface area (Å²) in [5.74, 6) is 2.94. The molecule has 0 unspecified atom stereocenters. The Morgan fingerprint density at radius 1 is 1.36 bits per heavy atom. The average Bonchev–Trinajstić information content (AvgIpc) is 3.11. The van der Waals surface area contributed by atoms with Crippen LogP contribution in [-0.4, -0.2) is 34.4 Å². The molecule has 2 heterocycles. The number of hydrogen-bond acceptors (Lipinski definition) is 6. The Bertz CT molecular complexity index is 809. The maximum atomic E-state index is 13.1. The molecule has 1 saturated carbocycles. The summed E-state index contributed by atoms with van der Waals surface area (Å²) in [5.41, 5.74) is 7.22. The summed E-state index contributed by atoms with van der Waals surface area (Å²) in [6, 6.07) is 1.77. The Morgan fingerprint density at radius 2 is 2.11 bits per heavy atom. The van der Waals surface area contributed by atoms with E-state index in [0.717, 1.165) is 12.2 Å². The molecule has 0 saturated heterocycles. The van der Waals surface area contributed by atoms with E-state index in [-0.39, 0.29) is 5.78 Å². The van der Waals surface area contributed by atoms with Gasteiger partial charge in [0.1, 0.15) is 11.6 Å². The number of aryl methyl sites for hydroxylation is 1. The number of aromatic nitrogens is 3. The Morgan fingerprint density at radius 3 is 2.75 bits per heavy atom. The number of imidazole rings is 1. The summed E-state index contributed by atoms with van der Waals surface area (Å²) in [5, 5.41) is 3.02. The van der Waals surface area contributed by atoms with E-state index in [2.05, 4.69) is 15.3 Å². The third-order valence-corrected chi connectivity index (χ3v) is 5.73. The highest BCUT2D eigenvalue weighted by Gasteiger charge is 2.22. The number of anilines is 3. The number of nitrogens with two attached hydrogens (primary N) is 1. The Kier molecular flexibility index (Phi) is 6.54. The summed E-state index contributed by atoms with van der Waals surface area (Å²) in [4.78, 5) is 24.1. The highest BCUT2D eigenvalue weighted by molar-refractivity contribution is 6.02. The highest BCUT2D eigenvalue weighted by Crippen LogP contribution is 2.31. The Hall–Kier alpha value is -2.57. The minimum Gasteiger partial charge on any atom is -0.396 e. The van der Waals surface area contributed by atoms with Crippen molar-refractivity contribution >= 4 is 23.1 Å². The lowest BCUT2D eigenvalue weighted by Gasteiger charge is -2.23. The summed E-state index contributed by atoms with van der Waals surface area (Å²) in [6.07, 6.45) is 11.6. The first kappa shape index (κ1) is 20.2. The smallest absolute Gasteiger partial charge is 0.166 e. The van der Waals surface area contributed by atoms with E-state index in [1.165, 1.54) is 32.1 Å². The summed E-state index contributed by atoms with van der Waals surface area (Å²) < 4.78 is 1.97. The minimum absolute atomic E-state index is 0.120. The zero-order valence-electron chi connectivity index (χ0n) is 17.2. The minimum atomic E-state index is 0.120. The molecule has 1 fully saturated rings. The third-order valence-electron chi connectivity index (χ3n) is 5.73. The SMILES string of the molecule is CNc1nc(N(C)Cc2nccn2C)c(C(=O)CCC2CCCCC2)cc1N. The largest absolute Gasteiger partial charge is 0.396 e. The van der Waals surface area contributed by atoms with Crippen LogP contribution in [0.5, 0.6) is 0 Å². The van der Waals surface area contributed by atoms with Crippen LogP contribution >= 0.6 is 0 Å². The molecule has 3 rings (SSSR count). The number of nitrogen functional groups attached to an aromatic ring is 1. The quantitative estimate of drug-likeness (QED) is 0.676. The lowest BCUT2D eigenvalue weighted by atomic mass is 9.85. The number of pyridine rings is 1. The van der Waals surface area contributed by atoms with Crippen LogP contribution in [0, 0.1) is 5.92 Å². The van der Waals surface area contributed by atoms with Crippen LogP contribution in [-0.2, 0) is 13.6 Å². The van der Waals surface area contributed by atoms with Crippen molar-refractivity contribution in [3.63, 3.8) is 0 Å². The maximum Gasteiger partial charge on any atom is 0.166 e. The fourth-order valence-corrected chi connectivity index (χ4v) is 4.00. The van der Waals surface area contributed by atoms with Gasteiger partial charge in [-0.25, -0.2) is 9.97 Å². The fraction of sp³-hybridized carbons (Fsp3) is 0.571. The summed E-state index contributed by atoms with van der Waals surface area (Å²) >= 11 is 0. The van der Waals surface area contributed by atoms with Gasteiger partial charge in [0.15, 0.2) is 11.6 Å². The van der Waals surface area contributed by atoms with E-state index in [9.17, 15) is 4.79 Å². The van der Waals surface area contributed by atoms with E-state index < -0.39 is 0 Å². The first-order chi connectivity index (χ1) is 13.5. The van der Waals surface area contributed by atoms with Crippen LogP contribution in [0.2, 0.25) is 0 Å². The van der Waals surface area contributed by atoms with Gasteiger partial charge in [0.25, 0.3) is 0 Å². The second-order valence-electron chi connectivity index (χ2n) is 7.82. The number of nitrogens with zero attached hydrogens (tertiary/aromatic N) is 4. The number of carbonyl (C=O) groups excluding carboxylic acids is 1. The number of nitrogens with one attached hydrogen (secondary N) is 1. The zero-order valence-corrected chi connectivity index (χ0v) is 17.2. The summed E-state index contributed by atoms with van der Waals surface area (Å²) in [6.45, 7) is 0.562. The van der Waals surface area contributed by atoms with E-state index in [1.807, 2.05) is 29.8 Å². The monoisotopic (exact) mass is 384 g/mol. The molecular formula is C21H32N6O. The van der Waals surface area contributed by atoms with Crippen molar-refractivity contribution in [3.8, 4) is 0 Å². The number of rotatable bonds is 8. The van der Waals surface area contributed by atoms with E-state index >= 15 is 0 Å². The molecule has 0 spiro atoms. The Balaban J connectivity index is 1.80. The maximum absolute atomic E-state index is 13.1. The van der Waals surface area contributed by atoms with Crippen LogP contribution in [0.25, 0.3) is 0 Å². The molecular weight excluding hydrogens is 352 g/mol. The molecule has 3 N–H and O–H groups in total. The first-order valence-electron chi connectivity index (χ1n) is 10.2. The molecule has 28 heavy (non-hydrogen) atoms. The number of carbonyl (C=O) groups is 1. The molecule has 1 aliphatic carbocycles. The normalized spacial score (nSPS) is 14.8. The number of Topliss-reactive ketones (excluding diaryl/α,β-unsaturated/α-hetero) is 1. The second-order valence-corrected chi connectivity index (χ2v) is 7.82. The molecule has 152 valence electrons. The molecule has 0 amide bonds. The van der Waals surface area contributed by atoms with Crippen LogP contribution in [0.4, 0.5) is 17.3 Å². The predicted octanol–water partition coefficient (Wildman–Crippen LogP) is 3.62. The van der Waals surface area contributed by atoms with Crippen molar-refractivity contribution < 1.29 is 4.79 Å². The number of hydrogen-bond donors (Lipinski definition) is 2. The summed E-state index contributed by atoms with van der Waals surface area (Å²) in [7, 11) is 5.68. The first-order valence-corrected chi connectivity index (χ1v) is 10.2. The lowest BCUT2D eigenvalue weighted by molar-refractivity contribution is 0.0970. The molecule has 0 radical (unpaired) electrons. The molecule has 0 aromatic carbocycles. The van der Waals surface area contributed by atoms with Crippen molar-refractivity contribution in [2.24, 2.45) is 13.0 Å². The van der Waals surface area contributed by atoms with Crippen LogP contribution in [0.3, 0.4) is 0 Å². The van der Waals surface area contributed by atoms with E-state index in [1.54, 1.807) is 19.3 Å². The van der Waals surface area contributed by atoms with Crippen molar-refractivity contribution in [3.05, 3.63) is 29.8 Å². The third kappa shape index (κ3) is 4.64. The predicted molar refractivity (Wildman–Crippen MR) is 114 cm³/mol. The van der Waals surface area contributed by atoms with Crippen LogP contribution < -0.4 is 16.0 Å². The van der Waals surface area contributed by atoms with Gasteiger partial charge in [-0.15, -0.1) is 0 Å². The fourth-order valence-electron chi connectivity index (χ4n) is 4.00. The standard InChI is InChI=1S/C21H32N6O/c1-23-20-17(22)13-16(18(28)10-9-15-7-5-4-6-8-15)21(25-20)27(3)14-19-24-11-12-26(19)2/h11-13,15H,4-10,14,22H2,1-3H3,(H,23,25). The average molecular weight is 385 g/mol. The molecule has 0 bridgehead atoms. The van der Waals surface area contributed by atoms with Gasteiger partial charge in [-0.05, 0) is 18.4 Å². The molecule has 1 aliphatic rings. The van der Waals surface area contributed by atoms with Gasteiger partial charge >= 0.3 is 0 Å². The Labute approximate surface area is 167 Å². The highest BCUT2D eigenvalue weighted by atomic mass is 16.1. The van der Waals surface area contributed by atoms with Gasteiger partial charge in [0, 0.05) is 40.0 Å². The molecule has 7 nitrogen and oxygen atoms in total. The zero-order chi connectivity index (χ0) is 20.1. The van der Waals surface area contributed by atoms with E-state index in [4.69, 9.17) is 5.73 Å². The molecule has 0 aliphatic heterocycles. The molecule has 2 aromatic heterocycles. The van der Waals surface area contributed by atoms with Crippen molar-refractivity contribution in [1.82, 2.24) is 14.5 Å². The van der Waals surface area contributed by atoms with Crippen molar-refractivity contribution in [2.45, 2.75) is 51.5 Å². The van der Waals surface area contributed by atoms with Crippen molar-refractivity contribution in [1.29, 1.82) is 0 Å². The molecule has 2 aromatic rings. The second kappa shape index (κ2) is 9.08. The molecule has 7 heteroatoms. The van der Waals surface area contributed by atoms with Crippen LogP contribution in [0.15, 0.2) is 18.5 Å². The van der Waals surface area contributed by atoms with Gasteiger partial charge in [-0.1, -0.05) is 32.1 Å². The van der Waals surface area contributed by atoms with E-state index in [0.29, 0.717) is 41.8 Å².